The van der Waals surface area contributed by atoms with Crippen molar-refractivity contribution in [3.05, 3.63) is 89.6 Å². The van der Waals surface area contributed by atoms with Crippen LogP contribution in [0.3, 0.4) is 0 Å². The average Bonchev–Trinajstić information content (AvgIpc) is 3.21. The summed E-state index contributed by atoms with van der Waals surface area (Å²) in [7, 11) is 0.893. The van der Waals surface area contributed by atoms with Gasteiger partial charge in [0.2, 0.25) is 0 Å². The topological polar surface area (TPSA) is 109 Å². The van der Waals surface area contributed by atoms with Crippen molar-refractivity contribution in [1.82, 2.24) is 0 Å². The van der Waals surface area contributed by atoms with E-state index >= 15 is 0 Å². The molecule has 1 unspecified atom stereocenters. The molecule has 0 aliphatic carbocycles. The lowest BCUT2D eigenvalue weighted by Gasteiger charge is -2.31. The molecule has 0 bridgehead atoms. The van der Waals surface area contributed by atoms with Gasteiger partial charge in [0.1, 0.15) is 7.11 Å². The second kappa shape index (κ2) is 9.63. The monoisotopic (exact) mass is 495 g/mol. The number of benzene rings is 3. The van der Waals surface area contributed by atoms with Gasteiger partial charge in [-0.1, -0.05) is 42.5 Å². The molecule has 10 nitrogen and oxygen atoms in total. The van der Waals surface area contributed by atoms with Gasteiger partial charge in [0.05, 0.1) is 16.3 Å². The zero-order chi connectivity index (χ0) is 25.2. The van der Waals surface area contributed by atoms with Gasteiger partial charge in [-0.25, -0.2) is 12.7 Å². The van der Waals surface area contributed by atoms with Gasteiger partial charge < -0.3 is 14.9 Å². The highest BCUT2D eigenvalue weighted by Crippen LogP contribution is 2.49. The molecular weight excluding hydrogens is 470 g/mol. The van der Waals surface area contributed by atoms with Gasteiger partial charge in [0, 0.05) is 19.8 Å². The lowest BCUT2D eigenvalue weighted by atomic mass is 10.1. The first-order valence-corrected chi connectivity index (χ1v) is 12.2. The van der Waals surface area contributed by atoms with Crippen molar-refractivity contribution in [2.24, 2.45) is 5.28 Å². The SMILES string of the molecule is CO/N=[N+](\[O-])CC(=O)N1c2ccccc2N(S(=O)(=O)c2ccccc2)C1c1ccc(N(C)C)cc1. The predicted molar refractivity (Wildman–Crippen MR) is 131 cm³/mol. The second-order valence-electron chi connectivity index (χ2n) is 8.00. The fourth-order valence-electron chi connectivity index (χ4n) is 4.00. The van der Waals surface area contributed by atoms with E-state index in [-0.39, 0.29) is 9.76 Å². The largest absolute Gasteiger partial charge is 0.597 e. The maximum absolute atomic E-state index is 13.9. The van der Waals surface area contributed by atoms with Crippen LogP contribution in [0.1, 0.15) is 11.7 Å². The Bertz CT molecular complexity index is 1340. The number of amides is 1. The molecule has 0 fully saturated rings. The fourth-order valence-corrected chi connectivity index (χ4v) is 5.62. The van der Waals surface area contributed by atoms with Gasteiger partial charge in [-0.3, -0.25) is 9.69 Å². The molecule has 3 aromatic carbocycles. The van der Waals surface area contributed by atoms with Crippen molar-refractivity contribution < 1.29 is 22.9 Å². The average molecular weight is 496 g/mol. The van der Waals surface area contributed by atoms with E-state index in [1.807, 2.05) is 31.1 Å². The first kappa shape index (κ1) is 24.0. The minimum atomic E-state index is -4.09. The number of carbonyl (C=O) groups is 1. The number of sulfonamides is 1. The number of carbonyl (C=O) groups excluding carboxylic acids is 1. The Morgan fingerprint density at radius 2 is 1.60 bits per heavy atom. The predicted octanol–water partition coefficient (Wildman–Crippen LogP) is 3.52. The molecule has 1 amide bonds. The Hall–Kier alpha value is -4.12. The van der Waals surface area contributed by atoms with Crippen molar-refractivity contribution in [3.63, 3.8) is 0 Å². The van der Waals surface area contributed by atoms with Crippen molar-refractivity contribution in [1.29, 1.82) is 0 Å². The van der Waals surface area contributed by atoms with Gasteiger partial charge in [-0.05, 0) is 46.8 Å². The summed E-state index contributed by atoms with van der Waals surface area (Å²) in [5.74, 6) is -0.638. The molecule has 0 saturated heterocycles. The van der Waals surface area contributed by atoms with Crippen LogP contribution in [-0.4, -0.2) is 46.9 Å². The molecule has 11 heteroatoms. The van der Waals surface area contributed by atoms with E-state index in [9.17, 15) is 18.4 Å². The van der Waals surface area contributed by atoms with Crippen LogP contribution in [0.15, 0.2) is 89.0 Å². The molecule has 35 heavy (non-hydrogen) atoms. The Morgan fingerprint density at radius 3 is 2.20 bits per heavy atom. The Kier molecular flexibility index (Phi) is 6.61. The van der Waals surface area contributed by atoms with E-state index in [2.05, 4.69) is 10.1 Å². The van der Waals surface area contributed by atoms with Crippen LogP contribution in [0.2, 0.25) is 0 Å². The lowest BCUT2D eigenvalue weighted by Crippen LogP contribution is -2.44. The highest BCUT2D eigenvalue weighted by Gasteiger charge is 2.47. The molecule has 3 aromatic rings. The number of hydroxylamine groups is 1. The standard InChI is InChI=1S/C24H25N5O5S/c1-26(2)19-15-13-18(14-16-19)24-28(23(30)17-27(31)25-34-3)21-11-7-8-12-22(21)29(24)35(32,33)20-9-5-4-6-10-20/h4-16,24H,17H2,1-3H3/b27-25-. The lowest BCUT2D eigenvalue weighted by molar-refractivity contribution is -0.546. The van der Waals surface area contributed by atoms with E-state index in [1.54, 1.807) is 54.6 Å². The number of hydrogen-bond donors (Lipinski definition) is 0. The Labute approximate surface area is 203 Å². The summed E-state index contributed by atoms with van der Waals surface area (Å²) in [5.41, 5.74) is 2.15. The maximum Gasteiger partial charge on any atom is 0.298 e. The van der Waals surface area contributed by atoms with Gasteiger partial charge in [0.15, 0.2) is 11.4 Å². The summed E-state index contributed by atoms with van der Waals surface area (Å²) in [5, 5.41) is 15.3. The fraction of sp³-hybridized carbons (Fsp3) is 0.208. The molecular formula is C24H25N5O5S. The number of hydrogen-bond acceptors (Lipinski definition) is 7. The number of rotatable bonds is 7. The van der Waals surface area contributed by atoms with Crippen molar-refractivity contribution in [2.45, 2.75) is 11.1 Å². The van der Waals surface area contributed by atoms with Crippen LogP contribution < -0.4 is 14.1 Å². The Morgan fingerprint density at radius 1 is 1.00 bits per heavy atom. The van der Waals surface area contributed by atoms with Crippen LogP contribution in [0, 0.1) is 5.21 Å². The highest BCUT2D eigenvalue weighted by atomic mass is 32.2. The summed E-state index contributed by atoms with van der Waals surface area (Å²) in [4.78, 5) is 21.3. The molecule has 1 aliphatic heterocycles. The molecule has 0 spiro atoms. The maximum atomic E-state index is 13.9. The second-order valence-corrected chi connectivity index (χ2v) is 9.82. The van der Waals surface area contributed by atoms with Crippen LogP contribution in [0.25, 0.3) is 0 Å². The number of nitrogens with zero attached hydrogens (tertiary/aromatic N) is 5. The van der Waals surface area contributed by atoms with E-state index in [4.69, 9.17) is 0 Å². The molecule has 0 N–H and O–H groups in total. The molecule has 0 radical (unpaired) electrons. The van der Waals surface area contributed by atoms with Crippen LogP contribution in [0.5, 0.6) is 0 Å². The van der Waals surface area contributed by atoms with E-state index in [1.165, 1.54) is 28.4 Å². The third-order valence-corrected chi connectivity index (χ3v) is 7.35. The number of para-hydroxylation sites is 2. The highest BCUT2D eigenvalue weighted by molar-refractivity contribution is 7.92. The van der Waals surface area contributed by atoms with E-state index in [0.29, 0.717) is 16.9 Å². The summed E-state index contributed by atoms with van der Waals surface area (Å²) >= 11 is 0. The van der Waals surface area contributed by atoms with E-state index in [0.717, 1.165) is 5.69 Å². The third-order valence-electron chi connectivity index (χ3n) is 5.56. The quantitative estimate of drug-likeness (QED) is 0.282. The Balaban J connectivity index is 1.91. The molecule has 0 saturated carbocycles. The van der Waals surface area contributed by atoms with Crippen molar-refractivity contribution >= 4 is 33.0 Å². The normalized spacial score (nSPS) is 15.6. The van der Waals surface area contributed by atoms with Crippen LogP contribution in [0.4, 0.5) is 17.1 Å². The zero-order valence-corrected chi connectivity index (χ0v) is 20.3. The molecule has 1 aliphatic rings. The van der Waals surface area contributed by atoms with Crippen molar-refractivity contribution in [3.8, 4) is 0 Å². The summed E-state index contributed by atoms with van der Waals surface area (Å²) in [6, 6.07) is 21.9. The third kappa shape index (κ3) is 4.50. The van der Waals surface area contributed by atoms with Gasteiger partial charge >= 0.3 is 0 Å². The zero-order valence-electron chi connectivity index (χ0n) is 19.5. The summed E-state index contributed by atoms with van der Waals surface area (Å²) in [6.45, 7) is -0.659. The first-order chi connectivity index (χ1) is 16.8. The van der Waals surface area contributed by atoms with Crippen LogP contribution >= 0.6 is 0 Å². The van der Waals surface area contributed by atoms with Crippen LogP contribution in [-0.2, 0) is 19.7 Å². The number of fused-ring (bicyclic) bond motifs is 1. The van der Waals surface area contributed by atoms with Crippen molar-refractivity contribution in [2.75, 3.05) is 41.9 Å². The summed E-state index contributed by atoms with van der Waals surface area (Å²) < 4.78 is 29.1. The van der Waals surface area contributed by atoms with Gasteiger partial charge in [-0.2, -0.15) is 0 Å². The summed E-state index contributed by atoms with van der Waals surface area (Å²) in [6.07, 6.45) is -1.06. The molecule has 1 atom stereocenters. The smallest absolute Gasteiger partial charge is 0.298 e. The number of anilines is 3. The molecule has 182 valence electrons. The van der Waals surface area contributed by atoms with Gasteiger partial charge in [0.25, 0.3) is 22.5 Å². The molecule has 0 aromatic heterocycles. The van der Waals surface area contributed by atoms with Gasteiger partial charge in [-0.15, -0.1) is 0 Å². The first-order valence-electron chi connectivity index (χ1n) is 10.7. The minimum Gasteiger partial charge on any atom is -0.597 e. The minimum absolute atomic E-state index is 0.0823. The van der Waals surface area contributed by atoms with E-state index < -0.39 is 28.6 Å². The molecule has 4 rings (SSSR count). The molecule has 1 heterocycles.